The lowest BCUT2D eigenvalue weighted by Gasteiger charge is -2.27. The van der Waals surface area contributed by atoms with Gasteiger partial charge in [0.25, 0.3) is 0 Å². The van der Waals surface area contributed by atoms with Crippen molar-refractivity contribution in [1.29, 1.82) is 0 Å². The molecule has 0 saturated heterocycles. The fourth-order valence-corrected chi connectivity index (χ4v) is 3.80. The number of aromatic nitrogens is 2. The van der Waals surface area contributed by atoms with Gasteiger partial charge in [-0.3, -0.25) is 4.79 Å². The third-order valence-corrected chi connectivity index (χ3v) is 5.38. The first-order valence-electron chi connectivity index (χ1n) is 9.52. The van der Waals surface area contributed by atoms with E-state index >= 15 is 0 Å². The molecule has 2 aromatic rings. The van der Waals surface area contributed by atoms with Gasteiger partial charge >= 0.3 is 0 Å². The maximum atomic E-state index is 14.1. The third-order valence-electron chi connectivity index (χ3n) is 5.38. The second-order valence-corrected chi connectivity index (χ2v) is 7.47. The van der Waals surface area contributed by atoms with Gasteiger partial charge in [-0.1, -0.05) is 6.07 Å². The molecule has 1 aromatic heterocycles. The topological polar surface area (TPSA) is 92.9 Å². The first-order valence-corrected chi connectivity index (χ1v) is 9.52. The number of ketones is 1. The highest BCUT2D eigenvalue weighted by atomic mass is 19.1. The van der Waals surface area contributed by atoms with Gasteiger partial charge in [-0.2, -0.15) is 4.98 Å². The average Bonchev–Trinajstić information content (AvgIpc) is 2.66. The van der Waals surface area contributed by atoms with E-state index in [1.807, 2.05) is 18.2 Å². The van der Waals surface area contributed by atoms with Crippen LogP contribution in [0.5, 0.6) is 0 Å². The molecular formula is C20H24FN5O. The van der Waals surface area contributed by atoms with Gasteiger partial charge < -0.3 is 16.4 Å². The number of Topliss-reactive ketones (excluding diaryl/α,β-unsaturated/α-hetero) is 1. The summed E-state index contributed by atoms with van der Waals surface area (Å²) in [6.07, 6.45) is 6.73. The highest BCUT2D eigenvalue weighted by Crippen LogP contribution is 2.26. The Morgan fingerprint density at radius 2 is 1.93 bits per heavy atom. The molecule has 0 unspecified atom stereocenters. The summed E-state index contributed by atoms with van der Waals surface area (Å²) in [5.74, 6) is 0.388. The third kappa shape index (κ3) is 4.24. The first kappa shape index (κ1) is 17.9. The van der Waals surface area contributed by atoms with E-state index in [1.54, 1.807) is 0 Å². The molecule has 2 aliphatic rings. The minimum atomic E-state index is -0.459. The van der Waals surface area contributed by atoms with Crippen LogP contribution < -0.4 is 16.4 Å². The fraction of sp³-hybridized carbons (Fsp3) is 0.450. The number of carbonyl (C=O) groups is 1. The molecular weight excluding hydrogens is 345 g/mol. The molecule has 7 heteroatoms. The summed E-state index contributed by atoms with van der Waals surface area (Å²) in [5, 5.41) is 6.33. The van der Waals surface area contributed by atoms with E-state index in [-0.39, 0.29) is 23.7 Å². The number of halogens is 1. The van der Waals surface area contributed by atoms with Gasteiger partial charge in [-0.25, -0.2) is 9.37 Å². The van der Waals surface area contributed by atoms with E-state index in [0.717, 1.165) is 43.4 Å². The van der Waals surface area contributed by atoms with Gasteiger partial charge in [0.2, 0.25) is 5.95 Å². The van der Waals surface area contributed by atoms with Crippen LogP contribution in [0.4, 0.5) is 21.8 Å². The van der Waals surface area contributed by atoms with Crippen molar-refractivity contribution in [3.8, 4) is 0 Å². The smallest absolute Gasteiger partial charge is 0.229 e. The number of hydrogen-bond acceptors (Lipinski definition) is 6. The first-order chi connectivity index (χ1) is 13.1. The summed E-state index contributed by atoms with van der Waals surface area (Å²) in [4.78, 5) is 19.9. The summed E-state index contributed by atoms with van der Waals surface area (Å²) in [6, 6.07) is 6.31. The standard InChI is InChI=1S/C20H24FN5O/c21-18-11-23-20(26-19(18)24-15-6-3-14(22)4-7-15)25-16-5-1-13-10-17(27)8-2-12(13)9-16/h1,5,9,11,14-15H,2-4,6-8,10,22H2,(H2,23,24,25,26). The highest BCUT2D eigenvalue weighted by Gasteiger charge is 2.20. The Hall–Kier alpha value is -2.54. The van der Waals surface area contributed by atoms with Gasteiger partial charge in [0.15, 0.2) is 11.6 Å². The number of nitrogens with two attached hydrogens (primary N) is 1. The number of nitrogens with zero attached hydrogens (tertiary/aromatic N) is 2. The number of aryl methyl sites for hydroxylation is 1. The summed E-state index contributed by atoms with van der Waals surface area (Å²) in [7, 11) is 0. The zero-order chi connectivity index (χ0) is 18.8. The largest absolute Gasteiger partial charge is 0.365 e. The minimum absolute atomic E-state index is 0.184. The average molecular weight is 369 g/mol. The monoisotopic (exact) mass is 369 g/mol. The molecule has 1 heterocycles. The van der Waals surface area contributed by atoms with E-state index in [1.165, 1.54) is 11.8 Å². The molecule has 0 bridgehead atoms. The number of carbonyl (C=O) groups excluding carboxylic acids is 1. The van der Waals surface area contributed by atoms with Gasteiger partial charge in [0.05, 0.1) is 6.20 Å². The second-order valence-electron chi connectivity index (χ2n) is 7.47. The number of hydrogen-bond donors (Lipinski definition) is 3. The molecule has 0 aliphatic heterocycles. The molecule has 0 atom stereocenters. The van der Waals surface area contributed by atoms with Crippen molar-refractivity contribution in [3.05, 3.63) is 41.3 Å². The van der Waals surface area contributed by atoms with E-state index in [0.29, 0.717) is 18.8 Å². The molecule has 1 aromatic carbocycles. The van der Waals surface area contributed by atoms with E-state index in [2.05, 4.69) is 20.6 Å². The molecule has 4 rings (SSSR count). The predicted molar refractivity (Wildman–Crippen MR) is 103 cm³/mol. The molecule has 4 N–H and O–H groups in total. The second kappa shape index (κ2) is 7.60. The normalized spacial score (nSPS) is 22.2. The van der Waals surface area contributed by atoms with Crippen LogP contribution in [0.3, 0.4) is 0 Å². The van der Waals surface area contributed by atoms with Crippen molar-refractivity contribution in [1.82, 2.24) is 9.97 Å². The number of benzene rings is 1. The van der Waals surface area contributed by atoms with E-state index in [9.17, 15) is 9.18 Å². The Morgan fingerprint density at radius 3 is 2.74 bits per heavy atom. The van der Waals surface area contributed by atoms with Crippen LogP contribution >= 0.6 is 0 Å². The van der Waals surface area contributed by atoms with Crippen molar-refractivity contribution in [3.63, 3.8) is 0 Å². The van der Waals surface area contributed by atoms with Crippen LogP contribution in [-0.2, 0) is 17.6 Å². The maximum Gasteiger partial charge on any atom is 0.229 e. The summed E-state index contributed by atoms with van der Waals surface area (Å²) < 4.78 is 14.1. The highest BCUT2D eigenvalue weighted by molar-refractivity contribution is 5.83. The van der Waals surface area contributed by atoms with Crippen molar-refractivity contribution in [2.45, 2.75) is 57.0 Å². The fourth-order valence-electron chi connectivity index (χ4n) is 3.80. The summed E-state index contributed by atoms with van der Waals surface area (Å²) in [5.41, 5.74) is 9.01. The molecule has 1 saturated carbocycles. The SMILES string of the molecule is NC1CCC(Nc2nc(Nc3ccc4c(c3)CCC(=O)C4)ncc2F)CC1. The number of fused-ring (bicyclic) bond motifs is 1. The van der Waals surface area contributed by atoms with Crippen molar-refractivity contribution in [2.24, 2.45) is 5.73 Å². The zero-order valence-corrected chi connectivity index (χ0v) is 15.2. The molecule has 6 nitrogen and oxygen atoms in total. The lowest BCUT2D eigenvalue weighted by molar-refractivity contribution is -0.118. The van der Waals surface area contributed by atoms with Crippen molar-refractivity contribution >= 4 is 23.2 Å². The number of anilines is 3. The van der Waals surface area contributed by atoms with Crippen LogP contribution in [-0.4, -0.2) is 27.8 Å². The van der Waals surface area contributed by atoms with Crippen molar-refractivity contribution in [2.75, 3.05) is 10.6 Å². The van der Waals surface area contributed by atoms with Crippen LogP contribution in [0.1, 0.15) is 43.2 Å². The Labute approximate surface area is 157 Å². The van der Waals surface area contributed by atoms with Gasteiger partial charge in [0, 0.05) is 30.6 Å². The molecule has 0 radical (unpaired) electrons. The van der Waals surface area contributed by atoms with Crippen LogP contribution in [0, 0.1) is 5.82 Å². The van der Waals surface area contributed by atoms with Crippen molar-refractivity contribution < 1.29 is 9.18 Å². The molecule has 0 spiro atoms. The zero-order valence-electron chi connectivity index (χ0n) is 15.2. The van der Waals surface area contributed by atoms with Gasteiger partial charge in [0.1, 0.15) is 5.78 Å². The predicted octanol–water partition coefficient (Wildman–Crippen LogP) is 3.10. The van der Waals surface area contributed by atoms with Gasteiger partial charge in [-0.15, -0.1) is 0 Å². The molecule has 27 heavy (non-hydrogen) atoms. The lowest BCUT2D eigenvalue weighted by Crippen LogP contribution is -2.33. The van der Waals surface area contributed by atoms with Crippen LogP contribution in [0.15, 0.2) is 24.4 Å². The minimum Gasteiger partial charge on any atom is -0.365 e. The summed E-state index contributed by atoms with van der Waals surface area (Å²) >= 11 is 0. The molecule has 2 aliphatic carbocycles. The van der Waals surface area contributed by atoms with E-state index < -0.39 is 5.82 Å². The molecule has 1 fully saturated rings. The van der Waals surface area contributed by atoms with Crippen LogP contribution in [0.25, 0.3) is 0 Å². The molecule has 142 valence electrons. The quantitative estimate of drug-likeness (QED) is 0.767. The maximum absolute atomic E-state index is 14.1. The Kier molecular flexibility index (Phi) is 5.03. The Morgan fingerprint density at radius 1 is 1.11 bits per heavy atom. The summed E-state index contributed by atoms with van der Waals surface area (Å²) in [6.45, 7) is 0. The Balaban J connectivity index is 1.47. The molecule has 0 amide bonds. The number of rotatable bonds is 4. The van der Waals surface area contributed by atoms with Crippen LogP contribution in [0.2, 0.25) is 0 Å². The van der Waals surface area contributed by atoms with Gasteiger partial charge in [-0.05, 0) is 55.4 Å². The number of nitrogens with one attached hydrogen (secondary N) is 2. The Bertz CT molecular complexity index is 848. The lowest BCUT2D eigenvalue weighted by atomic mass is 9.90. The van der Waals surface area contributed by atoms with E-state index in [4.69, 9.17) is 5.73 Å².